The van der Waals surface area contributed by atoms with Gasteiger partial charge in [0.2, 0.25) is 0 Å². The number of hydrogen-bond acceptors (Lipinski definition) is 2. The number of hydrogen-bond donors (Lipinski definition) is 1. The van der Waals surface area contributed by atoms with E-state index in [0.29, 0.717) is 5.41 Å². The molecule has 0 bridgehead atoms. The fraction of sp³-hybridized carbons (Fsp3) is 1.00. The van der Waals surface area contributed by atoms with Crippen LogP contribution in [0.5, 0.6) is 0 Å². The first kappa shape index (κ1) is 10.3. The van der Waals surface area contributed by atoms with Gasteiger partial charge in [0.25, 0.3) is 0 Å². The van der Waals surface area contributed by atoms with Crippen molar-refractivity contribution in [2.45, 2.75) is 19.3 Å². The number of nitrogens with zero attached hydrogens (tertiary/aromatic N) is 1. The number of piperidine rings is 1. The second kappa shape index (κ2) is 3.95. The van der Waals surface area contributed by atoms with E-state index in [1.165, 1.54) is 45.4 Å². The lowest BCUT2D eigenvalue weighted by molar-refractivity contribution is 0.213. The lowest BCUT2D eigenvalue weighted by Crippen LogP contribution is -2.41. The quantitative estimate of drug-likeness (QED) is 0.616. The lowest BCUT2D eigenvalue weighted by atomic mass is 9.80. The van der Waals surface area contributed by atoms with Gasteiger partial charge in [-0.1, -0.05) is 0 Å². The molecular weight excluding hydrogens is 172 g/mol. The first-order chi connectivity index (χ1) is 5.31. The molecule has 2 saturated heterocycles. The van der Waals surface area contributed by atoms with E-state index in [9.17, 15) is 0 Å². The molecule has 1 unspecified atom stereocenters. The second-order valence-corrected chi connectivity index (χ2v) is 4.27. The average molecular weight is 191 g/mol. The monoisotopic (exact) mass is 190 g/mol. The zero-order valence-electron chi connectivity index (χ0n) is 7.81. The molecule has 2 fully saturated rings. The second-order valence-electron chi connectivity index (χ2n) is 4.27. The maximum atomic E-state index is 3.51. The van der Waals surface area contributed by atoms with Crippen molar-refractivity contribution in [3.8, 4) is 0 Å². The van der Waals surface area contributed by atoms with Crippen molar-refractivity contribution >= 4 is 12.4 Å². The third-order valence-corrected chi connectivity index (χ3v) is 3.19. The molecule has 3 heteroatoms. The van der Waals surface area contributed by atoms with Crippen molar-refractivity contribution < 1.29 is 0 Å². The molecule has 0 aromatic carbocycles. The van der Waals surface area contributed by atoms with Crippen LogP contribution in [0.1, 0.15) is 19.3 Å². The summed E-state index contributed by atoms with van der Waals surface area (Å²) in [4.78, 5) is 2.47. The molecule has 0 aliphatic carbocycles. The van der Waals surface area contributed by atoms with E-state index in [2.05, 4.69) is 17.3 Å². The Morgan fingerprint density at radius 1 is 1.33 bits per heavy atom. The molecule has 0 amide bonds. The Morgan fingerprint density at radius 3 is 2.67 bits per heavy atom. The van der Waals surface area contributed by atoms with Crippen LogP contribution in [-0.2, 0) is 0 Å². The summed E-state index contributed by atoms with van der Waals surface area (Å²) < 4.78 is 0. The van der Waals surface area contributed by atoms with Crippen LogP contribution in [-0.4, -0.2) is 38.1 Å². The van der Waals surface area contributed by atoms with E-state index in [-0.39, 0.29) is 12.4 Å². The van der Waals surface area contributed by atoms with E-state index in [1.807, 2.05) is 0 Å². The molecule has 0 aromatic heterocycles. The van der Waals surface area contributed by atoms with Crippen molar-refractivity contribution in [2.24, 2.45) is 5.41 Å². The molecule has 2 heterocycles. The van der Waals surface area contributed by atoms with Crippen LogP contribution in [0, 0.1) is 5.41 Å². The van der Waals surface area contributed by atoms with Crippen LogP contribution in [0.4, 0.5) is 0 Å². The van der Waals surface area contributed by atoms with Gasteiger partial charge in [-0.2, -0.15) is 0 Å². The molecule has 72 valence electrons. The molecule has 1 atom stereocenters. The summed E-state index contributed by atoms with van der Waals surface area (Å²) in [7, 11) is 2.24. The van der Waals surface area contributed by atoms with Crippen LogP contribution in [0.3, 0.4) is 0 Å². The smallest absolute Gasteiger partial charge is 0.00476 e. The van der Waals surface area contributed by atoms with Crippen LogP contribution in [0.2, 0.25) is 0 Å². The SMILES string of the molecule is CN1CCC2(CCCNC2)C1.Cl. The van der Waals surface area contributed by atoms with Crippen LogP contribution in [0.25, 0.3) is 0 Å². The maximum Gasteiger partial charge on any atom is 0.00476 e. The maximum absolute atomic E-state index is 3.51. The highest BCUT2D eigenvalue weighted by atomic mass is 35.5. The Labute approximate surface area is 81.1 Å². The molecular formula is C9H19ClN2. The van der Waals surface area contributed by atoms with Crippen molar-refractivity contribution in [1.29, 1.82) is 0 Å². The van der Waals surface area contributed by atoms with Gasteiger partial charge in [-0.25, -0.2) is 0 Å². The van der Waals surface area contributed by atoms with Gasteiger partial charge in [0.05, 0.1) is 0 Å². The molecule has 0 saturated carbocycles. The third kappa shape index (κ3) is 1.93. The van der Waals surface area contributed by atoms with Gasteiger partial charge in [-0.15, -0.1) is 12.4 Å². The summed E-state index contributed by atoms with van der Waals surface area (Å²) in [6, 6.07) is 0. The molecule has 0 aromatic rings. The van der Waals surface area contributed by atoms with Gasteiger partial charge >= 0.3 is 0 Å². The van der Waals surface area contributed by atoms with E-state index >= 15 is 0 Å². The molecule has 1 N–H and O–H groups in total. The standard InChI is InChI=1S/C9H18N2.ClH/c1-11-6-4-9(8-11)3-2-5-10-7-9;/h10H,2-8H2,1H3;1H. The van der Waals surface area contributed by atoms with Crippen molar-refractivity contribution in [3.05, 3.63) is 0 Å². The lowest BCUT2D eigenvalue weighted by Gasteiger charge is -2.33. The van der Waals surface area contributed by atoms with E-state index in [1.54, 1.807) is 0 Å². The number of rotatable bonds is 0. The van der Waals surface area contributed by atoms with Crippen molar-refractivity contribution in [3.63, 3.8) is 0 Å². The predicted molar refractivity (Wildman–Crippen MR) is 53.9 cm³/mol. The molecule has 0 radical (unpaired) electrons. The fourth-order valence-corrected chi connectivity index (χ4v) is 2.54. The van der Waals surface area contributed by atoms with Crippen LogP contribution < -0.4 is 5.32 Å². The Balaban J connectivity index is 0.000000720. The first-order valence-corrected chi connectivity index (χ1v) is 4.70. The zero-order chi connectivity index (χ0) is 7.73. The van der Waals surface area contributed by atoms with Gasteiger partial charge in [-0.05, 0) is 44.8 Å². The number of likely N-dealkylation sites (tertiary alicyclic amines) is 1. The average Bonchev–Trinajstić information content (AvgIpc) is 2.34. The largest absolute Gasteiger partial charge is 0.316 e. The molecule has 1 spiro atoms. The first-order valence-electron chi connectivity index (χ1n) is 4.70. The normalized spacial score (nSPS) is 36.8. The topological polar surface area (TPSA) is 15.3 Å². The minimum Gasteiger partial charge on any atom is -0.316 e. The summed E-state index contributed by atoms with van der Waals surface area (Å²) in [5.41, 5.74) is 0.660. The molecule has 2 aliphatic rings. The van der Waals surface area contributed by atoms with Crippen LogP contribution in [0.15, 0.2) is 0 Å². The third-order valence-electron chi connectivity index (χ3n) is 3.19. The van der Waals surface area contributed by atoms with E-state index in [0.717, 1.165) is 0 Å². The van der Waals surface area contributed by atoms with Crippen LogP contribution >= 0.6 is 12.4 Å². The molecule has 12 heavy (non-hydrogen) atoms. The Hall–Kier alpha value is 0.210. The minimum absolute atomic E-state index is 0. The van der Waals surface area contributed by atoms with E-state index in [4.69, 9.17) is 0 Å². The highest BCUT2D eigenvalue weighted by Gasteiger charge is 2.37. The van der Waals surface area contributed by atoms with Gasteiger partial charge in [-0.3, -0.25) is 0 Å². The Morgan fingerprint density at radius 2 is 2.17 bits per heavy atom. The fourth-order valence-electron chi connectivity index (χ4n) is 2.54. The predicted octanol–water partition coefficient (Wildman–Crippen LogP) is 1.11. The van der Waals surface area contributed by atoms with Gasteiger partial charge in [0, 0.05) is 13.1 Å². The molecule has 2 aliphatic heterocycles. The molecule has 2 rings (SSSR count). The highest BCUT2D eigenvalue weighted by molar-refractivity contribution is 5.85. The van der Waals surface area contributed by atoms with Gasteiger partial charge < -0.3 is 10.2 Å². The Kier molecular flexibility index (Phi) is 3.38. The molecule has 2 nitrogen and oxygen atoms in total. The van der Waals surface area contributed by atoms with Gasteiger partial charge in [0.15, 0.2) is 0 Å². The summed E-state index contributed by atoms with van der Waals surface area (Å²) >= 11 is 0. The minimum atomic E-state index is 0. The summed E-state index contributed by atoms with van der Waals surface area (Å²) in [6.07, 6.45) is 4.24. The summed E-state index contributed by atoms with van der Waals surface area (Å²) in [6.45, 7) is 5.13. The van der Waals surface area contributed by atoms with E-state index < -0.39 is 0 Å². The van der Waals surface area contributed by atoms with Crippen molar-refractivity contribution in [1.82, 2.24) is 10.2 Å². The number of halogens is 1. The number of nitrogens with one attached hydrogen (secondary N) is 1. The Bertz CT molecular complexity index is 138. The van der Waals surface area contributed by atoms with Crippen molar-refractivity contribution in [2.75, 3.05) is 33.2 Å². The highest BCUT2D eigenvalue weighted by Crippen LogP contribution is 2.35. The summed E-state index contributed by atoms with van der Waals surface area (Å²) in [5, 5.41) is 3.51. The zero-order valence-corrected chi connectivity index (χ0v) is 8.62. The van der Waals surface area contributed by atoms with Gasteiger partial charge in [0.1, 0.15) is 0 Å². The summed E-state index contributed by atoms with van der Waals surface area (Å²) in [5.74, 6) is 0.